The number of pyridine rings is 1. The molecule has 1 rings (SSSR count). The van der Waals surface area contributed by atoms with Gasteiger partial charge in [-0.05, 0) is 0 Å². The number of hydrogen-bond donors (Lipinski definition) is 0. The van der Waals surface area contributed by atoms with Crippen LogP contribution in [0.3, 0.4) is 0 Å². The lowest BCUT2D eigenvalue weighted by molar-refractivity contribution is -0.697. The third-order valence-corrected chi connectivity index (χ3v) is 1.55. The molecule has 1 heterocycles. The number of rotatable bonds is 3. The summed E-state index contributed by atoms with van der Waals surface area (Å²) in [7, 11) is 0. The normalized spacial score (nSPS) is 8.82. The van der Waals surface area contributed by atoms with Gasteiger partial charge in [0, 0.05) is 18.6 Å². The van der Waals surface area contributed by atoms with E-state index in [4.69, 9.17) is 0 Å². The van der Waals surface area contributed by atoms with Crippen molar-refractivity contribution in [3.05, 3.63) is 30.6 Å². The first-order chi connectivity index (χ1) is 4.93. The van der Waals surface area contributed by atoms with E-state index in [1.54, 1.807) is 0 Å². The minimum Gasteiger partial charge on any atom is -0.205 e. The fourth-order valence-corrected chi connectivity index (χ4v) is 0.924. The van der Waals surface area contributed by atoms with Crippen LogP contribution in [0.4, 0.5) is 0 Å². The molecule has 0 radical (unpaired) electrons. The second-order valence-corrected chi connectivity index (χ2v) is 2.47. The molecule has 0 saturated heterocycles. The van der Waals surface area contributed by atoms with E-state index in [9.17, 15) is 0 Å². The van der Waals surface area contributed by atoms with Gasteiger partial charge in [-0.2, -0.15) is 0 Å². The van der Waals surface area contributed by atoms with Crippen molar-refractivity contribution in [1.29, 1.82) is 0 Å². The van der Waals surface area contributed by atoms with E-state index < -0.39 is 0 Å². The maximum atomic E-state index is 2.21. The highest BCUT2D eigenvalue weighted by Crippen LogP contribution is 1.85. The van der Waals surface area contributed by atoms with E-state index in [2.05, 4.69) is 36.0 Å². The topological polar surface area (TPSA) is 3.88 Å². The smallest absolute Gasteiger partial charge is 0.168 e. The quantitative estimate of drug-likeness (QED) is 0.583. The molecule has 1 nitrogen and oxygen atoms in total. The Morgan fingerprint density at radius 2 is 1.73 bits per heavy atom. The van der Waals surface area contributed by atoms with Crippen LogP contribution in [0.25, 0.3) is 0 Å². The molecule has 0 atom stereocenters. The highest BCUT2D eigenvalue weighted by Gasteiger charge is 1.93. The zero-order valence-electron chi connectivity index (χ0n) is 6.86. The molecule has 1 aromatic rings. The number of nitrogens with zero attached hydrogens (tertiary/aromatic N) is 1. The van der Waals surface area contributed by atoms with Crippen LogP contribution in [-0.2, 0) is 6.54 Å². The maximum absolute atomic E-state index is 2.21. The van der Waals surface area contributed by atoms with E-state index in [0.29, 0.717) is 0 Å². The lowest BCUT2D eigenvalue weighted by atomic mass is 10.3. The van der Waals surface area contributed by atoms with Crippen molar-refractivity contribution in [2.24, 2.45) is 0 Å². The summed E-state index contributed by atoms with van der Waals surface area (Å²) in [5.41, 5.74) is 0. The Bertz CT molecular complexity index is 174. The lowest BCUT2D eigenvalue weighted by Crippen LogP contribution is -2.31. The standard InChI is InChI=1S/C9H14N.HI/c1-2-3-7-10-8-5-4-6-9-10;/h4-6,8-9H,2-3,7H2,1H3;1H/q+1;. The molecule has 11 heavy (non-hydrogen) atoms. The van der Waals surface area contributed by atoms with Gasteiger partial charge in [-0.1, -0.05) is 19.4 Å². The molecule has 0 amide bonds. The van der Waals surface area contributed by atoms with Gasteiger partial charge in [-0.15, -0.1) is 24.0 Å². The van der Waals surface area contributed by atoms with Crippen LogP contribution < -0.4 is 4.57 Å². The molecule has 0 spiro atoms. The molecule has 0 aliphatic carbocycles. The summed E-state index contributed by atoms with van der Waals surface area (Å²) >= 11 is 0. The second-order valence-electron chi connectivity index (χ2n) is 2.47. The van der Waals surface area contributed by atoms with E-state index in [1.807, 2.05) is 6.07 Å². The molecule has 0 aliphatic heterocycles. The SMILES string of the molecule is CCCC[n+]1ccccc1.I. The molecule has 62 valence electrons. The van der Waals surface area contributed by atoms with Gasteiger partial charge in [-0.3, -0.25) is 0 Å². The fraction of sp³-hybridized carbons (Fsp3) is 0.444. The predicted molar refractivity (Wildman–Crippen MR) is 57.0 cm³/mol. The van der Waals surface area contributed by atoms with E-state index in [-0.39, 0.29) is 24.0 Å². The zero-order valence-corrected chi connectivity index (χ0v) is 9.19. The summed E-state index contributed by atoms with van der Waals surface area (Å²) in [6, 6.07) is 6.17. The largest absolute Gasteiger partial charge is 0.205 e. The molecule has 0 bridgehead atoms. The van der Waals surface area contributed by atoms with Crippen LogP contribution in [0.1, 0.15) is 19.8 Å². The minimum atomic E-state index is 0. The number of unbranched alkanes of at least 4 members (excludes halogenated alkanes) is 1. The van der Waals surface area contributed by atoms with Crippen LogP contribution in [0.5, 0.6) is 0 Å². The van der Waals surface area contributed by atoms with Gasteiger partial charge in [0.2, 0.25) is 0 Å². The second kappa shape index (κ2) is 6.58. The first kappa shape index (κ1) is 10.9. The van der Waals surface area contributed by atoms with Gasteiger partial charge in [0.25, 0.3) is 0 Å². The summed E-state index contributed by atoms with van der Waals surface area (Å²) in [6.45, 7) is 3.36. The fourth-order valence-electron chi connectivity index (χ4n) is 0.924. The Kier molecular flexibility index (Phi) is 6.51. The van der Waals surface area contributed by atoms with Gasteiger partial charge in [-0.25, -0.2) is 4.57 Å². The lowest BCUT2D eigenvalue weighted by Gasteiger charge is -1.91. The molecule has 0 aromatic carbocycles. The van der Waals surface area contributed by atoms with E-state index in [1.165, 1.54) is 12.8 Å². The maximum Gasteiger partial charge on any atom is 0.168 e. The Labute approximate surface area is 85.5 Å². The molecule has 2 heteroatoms. The molecule has 0 saturated carbocycles. The van der Waals surface area contributed by atoms with Gasteiger partial charge in [0.1, 0.15) is 6.54 Å². The Morgan fingerprint density at radius 1 is 1.09 bits per heavy atom. The first-order valence-corrected chi connectivity index (χ1v) is 3.87. The van der Waals surface area contributed by atoms with Crippen LogP contribution in [0.2, 0.25) is 0 Å². The average Bonchev–Trinajstić information content (AvgIpc) is 2.03. The van der Waals surface area contributed by atoms with Crippen molar-refractivity contribution < 1.29 is 4.57 Å². The Hall–Kier alpha value is -0.120. The number of aryl methyl sites for hydroxylation is 1. The zero-order chi connectivity index (χ0) is 7.23. The van der Waals surface area contributed by atoms with Crippen LogP contribution >= 0.6 is 24.0 Å². The summed E-state index contributed by atoms with van der Waals surface area (Å²) in [6.07, 6.45) is 6.75. The molecule has 0 aliphatic rings. The Morgan fingerprint density at radius 3 is 2.27 bits per heavy atom. The highest BCUT2D eigenvalue weighted by molar-refractivity contribution is 14.0. The van der Waals surface area contributed by atoms with Crippen molar-refractivity contribution in [1.82, 2.24) is 0 Å². The molecule has 1 aromatic heterocycles. The van der Waals surface area contributed by atoms with Crippen LogP contribution in [-0.4, -0.2) is 0 Å². The number of hydrogen-bond acceptors (Lipinski definition) is 0. The predicted octanol–water partition coefficient (Wildman–Crippen LogP) is 2.39. The third kappa shape index (κ3) is 4.35. The summed E-state index contributed by atoms with van der Waals surface area (Å²) in [5, 5.41) is 0. The van der Waals surface area contributed by atoms with Crippen LogP contribution in [0.15, 0.2) is 30.6 Å². The minimum absolute atomic E-state index is 0. The van der Waals surface area contributed by atoms with Gasteiger partial charge in [0.15, 0.2) is 12.4 Å². The van der Waals surface area contributed by atoms with Crippen molar-refractivity contribution in [3.8, 4) is 0 Å². The highest BCUT2D eigenvalue weighted by atomic mass is 127. The van der Waals surface area contributed by atoms with E-state index in [0.717, 1.165) is 6.54 Å². The molecule has 0 N–H and O–H groups in total. The molecular weight excluding hydrogens is 249 g/mol. The summed E-state index contributed by atoms with van der Waals surface area (Å²) in [5.74, 6) is 0. The molecule has 0 unspecified atom stereocenters. The first-order valence-electron chi connectivity index (χ1n) is 3.87. The summed E-state index contributed by atoms with van der Waals surface area (Å²) < 4.78 is 2.21. The van der Waals surface area contributed by atoms with Crippen molar-refractivity contribution >= 4 is 24.0 Å². The monoisotopic (exact) mass is 264 g/mol. The summed E-state index contributed by atoms with van der Waals surface area (Å²) in [4.78, 5) is 0. The molecule has 0 fully saturated rings. The Balaban J connectivity index is 0.000001000. The van der Waals surface area contributed by atoms with Crippen LogP contribution in [0, 0.1) is 0 Å². The van der Waals surface area contributed by atoms with Crippen molar-refractivity contribution in [2.75, 3.05) is 0 Å². The van der Waals surface area contributed by atoms with Gasteiger partial charge < -0.3 is 0 Å². The number of halogens is 1. The van der Waals surface area contributed by atoms with Crippen molar-refractivity contribution in [2.45, 2.75) is 26.3 Å². The average molecular weight is 264 g/mol. The number of aromatic nitrogens is 1. The van der Waals surface area contributed by atoms with E-state index >= 15 is 0 Å². The van der Waals surface area contributed by atoms with Gasteiger partial charge in [0.05, 0.1) is 0 Å². The van der Waals surface area contributed by atoms with Gasteiger partial charge >= 0.3 is 0 Å². The third-order valence-electron chi connectivity index (χ3n) is 1.55. The molecular formula is C9H15IN+. The van der Waals surface area contributed by atoms with Crippen molar-refractivity contribution in [3.63, 3.8) is 0 Å².